The smallest absolute Gasteiger partial charge is 0.267 e. The molecule has 72 valence electrons. The molecule has 0 aliphatic heterocycles. The summed E-state index contributed by atoms with van der Waals surface area (Å²) >= 11 is 0. The molecule has 2 N–H and O–H groups in total. The zero-order valence-corrected chi connectivity index (χ0v) is 8.32. The second-order valence-electron chi connectivity index (χ2n) is 3.31. The van der Waals surface area contributed by atoms with E-state index in [-0.39, 0.29) is 0 Å². The fourth-order valence-electron chi connectivity index (χ4n) is 0.509. The van der Waals surface area contributed by atoms with Gasteiger partial charge in [0, 0.05) is 6.20 Å². The van der Waals surface area contributed by atoms with Crippen LogP contribution in [0, 0.1) is 5.92 Å². The van der Waals surface area contributed by atoms with Crippen molar-refractivity contribution in [3.63, 3.8) is 0 Å². The monoisotopic (exact) mass is 180 g/mol. The van der Waals surface area contributed by atoms with Gasteiger partial charge in [0.1, 0.15) is 5.69 Å². The molecule has 0 unspecified atom stereocenters. The molecule has 0 bridgehead atoms. The summed E-state index contributed by atoms with van der Waals surface area (Å²) in [5, 5.41) is 0. The number of hydrogen-bond donors (Lipinski definition) is 1. The van der Waals surface area contributed by atoms with Crippen LogP contribution in [-0.2, 0) is 0 Å². The minimum Gasteiger partial charge on any atom is -0.364 e. The van der Waals surface area contributed by atoms with Crippen molar-refractivity contribution in [3.05, 3.63) is 30.1 Å². The molecule has 3 nitrogen and oxygen atoms in total. The summed E-state index contributed by atoms with van der Waals surface area (Å²) in [6, 6.07) is 5.02. The minimum atomic E-state index is -0.490. The van der Waals surface area contributed by atoms with Crippen molar-refractivity contribution in [2.75, 3.05) is 0 Å². The first-order valence-electron chi connectivity index (χ1n) is 4.25. The fourth-order valence-corrected chi connectivity index (χ4v) is 0.509. The van der Waals surface area contributed by atoms with E-state index < -0.39 is 5.91 Å². The lowest BCUT2D eigenvalue weighted by molar-refractivity contribution is 0.0995. The minimum absolute atomic E-state index is 0.303. The number of amides is 1. The number of primary amides is 1. The van der Waals surface area contributed by atoms with E-state index in [0.29, 0.717) is 5.69 Å². The highest BCUT2D eigenvalue weighted by Gasteiger charge is 1.95. The highest BCUT2D eigenvalue weighted by molar-refractivity contribution is 5.90. The largest absolute Gasteiger partial charge is 0.364 e. The maximum Gasteiger partial charge on any atom is 0.267 e. The van der Waals surface area contributed by atoms with Gasteiger partial charge >= 0.3 is 0 Å². The number of nitrogens with two attached hydrogens (primary N) is 1. The van der Waals surface area contributed by atoms with Gasteiger partial charge in [0.2, 0.25) is 0 Å². The Labute approximate surface area is 79.0 Å². The van der Waals surface area contributed by atoms with Gasteiger partial charge in [-0.05, 0) is 18.1 Å². The Morgan fingerprint density at radius 3 is 2.15 bits per heavy atom. The van der Waals surface area contributed by atoms with Crippen LogP contribution in [0.1, 0.15) is 31.3 Å². The van der Waals surface area contributed by atoms with Gasteiger partial charge in [-0.2, -0.15) is 0 Å². The van der Waals surface area contributed by atoms with Gasteiger partial charge in [0.25, 0.3) is 5.91 Å². The fraction of sp³-hybridized carbons (Fsp3) is 0.400. The van der Waals surface area contributed by atoms with Crippen molar-refractivity contribution in [2.24, 2.45) is 11.7 Å². The predicted octanol–water partition coefficient (Wildman–Crippen LogP) is 1.84. The molecule has 3 heteroatoms. The van der Waals surface area contributed by atoms with E-state index in [1.807, 2.05) is 0 Å². The molecule has 0 spiro atoms. The highest BCUT2D eigenvalue weighted by atomic mass is 16.1. The van der Waals surface area contributed by atoms with E-state index in [0.717, 1.165) is 5.92 Å². The molecule has 13 heavy (non-hydrogen) atoms. The number of rotatable bonds is 1. The molecule has 0 saturated carbocycles. The Morgan fingerprint density at radius 2 is 1.92 bits per heavy atom. The van der Waals surface area contributed by atoms with Crippen LogP contribution in [0.15, 0.2) is 24.4 Å². The molecule has 0 aromatic carbocycles. The quantitative estimate of drug-likeness (QED) is 0.717. The van der Waals surface area contributed by atoms with Crippen molar-refractivity contribution in [2.45, 2.75) is 20.8 Å². The molecular weight excluding hydrogens is 164 g/mol. The normalized spacial score (nSPS) is 8.92. The van der Waals surface area contributed by atoms with E-state index in [4.69, 9.17) is 5.73 Å². The molecule has 1 rings (SSSR count). The third-order valence-electron chi connectivity index (χ3n) is 0.917. The molecule has 0 fully saturated rings. The van der Waals surface area contributed by atoms with Crippen molar-refractivity contribution < 1.29 is 4.79 Å². The second kappa shape index (κ2) is 6.17. The lowest BCUT2D eigenvalue weighted by Crippen LogP contribution is -2.12. The second-order valence-corrected chi connectivity index (χ2v) is 3.31. The standard InChI is InChI=1S/C6H6N2O.C4H10/c7-6(9)5-3-1-2-4-8-5;1-4(2)3/h1-4H,(H2,7,9);4H,1-3H3. The van der Waals surface area contributed by atoms with Crippen LogP contribution in [0.4, 0.5) is 0 Å². The van der Waals surface area contributed by atoms with Crippen LogP contribution in [-0.4, -0.2) is 10.9 Å². The predicted molar refractivity (Wildman–Crippen MR) is 53.3 cm³/mol. The van der Waals surface area contributed by atoms with Crippen LogP contribution in [0.25, 0.3) is 0 Å². The molecule has 0 saturated heterocycles. The van der Waals surface area contributed by atoms with E-state index in [1.165, 1.54) is 6.20 Å². The first-order chi connectivity index (χ1) is 6.04. The van der Waals surface area contributed by atoms with Gasteiger partial charge in [-0.15, -0.1) is 0 Å². The molecule has 1 aromatic heterocycles. The van der Waals surface area contributed by atoms with E-state index in [9.17, 15) is 4.79 Å². The number of aromatic nitrogens is 1. The Kier molecular flexibility index (Phi) is 5.52. The summed E-state index contributed by atoms with van der Waals surface area (Å²) in [5.74, 6) is 0.343. The van der Waals surface area contributed by atoms with Gasteiger partial charge in [0.15, 0.2) is 0 Å². The molecule has 0 aliphatic carbocycles. The van der Waals surface area contributed by atoms with Gasteiger partial charge < -0.3 is 5.73 Å². The summed E-state index contributed by atoms with van der Waals surface area (Å²) in [5.41, 5.74) is 5.22. The third-order valence-corrected chi connectivity index (χ3v) is 0.917. The molecule has 0 aliphatic rings. The zero-order chi connectivity index (χ0) is 10.3. The van der Waals surface area contributed by atoms with E-state index >= 15 is 0 Å². The van der Waals surface area contributed by atoms with Gasteiger partial charge in [0.05, 0.1) is 0 Å². The maximum atomic E-state index is 10.4. The topological polar surface area (TPSA) is 56.0 Å². The molecule has 0 atom stereocenters. The van der Waals surface area contributed by atoms with Crippen LogP contribution in [0.3, 0.4) is 0 Å². The number of nitrogens with zero attached hydrogens (tertiary/aromatic N) is 1. The Bertz CT molecular complexity index is 242. The van der Waals surface area contributed by atoms with Crippen molar-refractivity contribution in [1.82, 2.24) is 4.98 Å². The first kappa shape index (κ1) is 11.6. The molecular formula is C10H16N2O. The third kappa shape index (κ3) is 7.00. The molecule has 1 amide bonds. The number of pyridine rings is 1. The maximum absolute atomic E-state index is 10.4. The first-order valence-corrected chi connectivity index (χ1v) is 4.25. The SMILES string of the molecule is CC(C)C.NC(=O)c1ccccn1. The lowest BCUT2D eigenvalue weighted by Gasteiger charge is -1.88. The van der Waals surface area contributed by atoms with E-state index in [1.54, 1.807) is 18.2 Å². The average Bonchev–Trinajstić information content (AvgIpc) is 2.05. The van der Waals surface area contributed by atoms with Crippen molar-refractivity contribution in [3.8, 4) is 0 Å². The van der Waals surface area contributed by atoms with Crippen LogP contribution >= 0.6 is 0 Å². The number of carbonyl (C=O) groups excluding carboxylic acids is 1. The van der Waals surface area contributed by atoms with Crippen LogP contribution in [0.2, 0.25) is 0 Å². The Balaban J connectivity index is 0.000000310. The summed E-state index contributed by atoms with van der Waals surface area (Å²) in [6.45, 7) is 6.50. The number of hydrogen-bond acceptors (Lipinski definition) is 2. The zero-order valence-electron chi connectivity index (χ0n) is 8.32. The Hall–Kier alpha value is -1.38. The summed E-state index contributed by atoms with van der Waals surface area (Å²) < 4.78 is 0. The summed E-state index contributed by atoms with van der Waals surface area (Å²) in [4.78, 5) is 14.1. The van der Waals surface area contributed by atoms with Crippen LogP contribution < -0.4 is 5.73 Å². The van der Waals surface area contributed by atoms with Gasteiger partial charge in [-0.25, -0.2) is 0 Å². The molecule has 0 radical (unpaired) electrons. The number of carbonyl (C=O) groups is 1. The van der Waals surface area contributed by atoms with Crippen molar-refractivity contribution in [1.29, 1.82) is 0 Å². The van der Waals surface area contributed by atoms with Gasteiger partial charge in [-0.1, -0.05) is 26.8 Å². The molecule has 1 aromatic rings. The average molecular weight is 180 g/mol. The highest BCUT2D eigenvalue weighted by Crippen LogP contribution is 1.89. The molecule has 1 heterocycles. The van der Waals surface area contributed by atoms with Gasteiger partial charge in [-0.3, -0.25) is 9.78 Å². The lowest BCUT2D eigenvalue weighted by atomic mass is 10.3. The summed E-state index contributed by atoms with van der Waals surface area (Å²) in [6.07, 6.45) is 1.53. The van der Waals surface area contributed by atoms with Crippen molar-refractivity contribution >= 4 is 5.91 Å². The van der Waals surface area contributed by atoms with Crippen LogP contribution in [0.5, 0.6) is 0 Å². The van der Waals surface area contributed by atoms with E-state index in [2.05, 4.69) is 25.8 Å². The Morgan fingerprint density at radius 1 is 1.38 bits per heavy atom. The summed E-state index contributed by atoms with van der Waals surface area (Å²) in [7, 11) is 0.